The molecule has 0 aliphatic rings. The number of ether oxygens (including phenoxy) is 1. The highest BCUT2D eigenvalue weighted by molar-refractivity contribution is 5.50. The molecule has 118 valence electrons. The summed E-state index contributed by atoms with van der Waals surface area (Å²) in [5.41, 5.74) is 3.26. The molecule has 0 unspecified atom stereocenters. The third kappa shape index (κ3) is 2.88. The molecule has 0 amide bonds. The molecule has 23 heavy (non-hydrogen) atoms. The van der Waals surface area contributed by atoms with E-state index in [1.54, 1.807) is 6.92 Å². The number of nitrogens with zero attached hydrogens (tertiary/aromatic N) is 1. The van der Waals surface area contributed by atoms with E-state index >= 15 is 0 Å². The average molecular weight is 309 g/mol. The monoisotopic (exact) mass is 309 g/mol. The van der Waals surface area contributed by atoms with Crippen molar-refractivity contribution in [3.05, 3.63) is 71.3 Å². The first-order valence-corrected chi connectivity index (χ1v) is 7.45. The van der Waals surface area contributed by atoms with E-state index in [2.05, 4.69) is 0 Å². The number of hydrogen-bond acceptors (Lipinski definition) is 3. The van der Waals surface area contributed by atoms with Gasteiger partial charge in [-0.25, -0.2) is 0 Å². The third-order valence-electron chi connectivity index (χ3n) is 3.85. The highest BCUT2D eigenvalue weighted by atomic mass is 16.5. The van der Waals surface area contributed by atoms with Crippen LogP contribution in [0.1, 0.15) is 16.7 Å². The van der Waals surface area contributed by atoms with E-state index in [1.165, 1.54) is 10.6 Å². The summed E-state index contributed by atoms with van der Waals surface area (Å²) >= 11 is 0. The third-order valence-corrected chi connectivity index (χ3v) is 3.85. The van der Waals surface area contributed by atoms with Crippen LogP contribution in [0, 0.1) is 13.8 Å². The van der Waals surface area contributed by atoms with Gasteiger partial charge in [-0.05, 0) is 31.5 Å². The molecule has 0 atom stereocenters. The van der Waals surface area contributed by atoms with Gasteiger partial charge in [-0.3, -0.25) is 4.57 Å². The van der Waals surface area contributed by atoms with Crippen molar-refractivity contribution in [1.29, 1.82) is 0 Å². The summed E-state index contributed by atoms with van der Waals surface area (Å²) in [6.45, 7) is 4.09. The fraction of sp³-hybridized carbons (Fsp3) is 0.158. The van der Waals surface area contributed by atoms with Gasteiger partial charge in [0.2, 0.25) is 5.88 Å². The highest BCUT2D eigenvalue weighted by Crippen LogP contribution is 2.32. The Hall–Kier alpha value is -2.88. The standard InChI is InChI=1S/C19H19NO3/c1-13-7-3-6-10-17(13)23-12-15-8-4-5-9-16(15)20-18(21)11-14(2)19(20)22/h3-11,21-22H,12H2,1-2H3. The van der Waals surface area contributed by atoms with Crippen LogP contribution in [-0.4, -0.2) is 14.8 Å². The lowest BCUT2D eigenvalue weighted by Crippen LogP contribution is -2.03. The smallest absolute Gasteiger partial charge is 0.201 e. The van der Waals surface area contributed by atoms with E-state index in [0.717, 1.165) is 16.9 Å². The van der Waals surface area contributed by atoms with Gasteiger partial charge in [0, 0.05) is 17.2 Å². The molecule has 2 aromatic carbocycles. The van der Waals surface area contributed by atoms with Gasteiger partial charge in [0.25, 0.3) is 0 Å². The minimum Gasteiger partial charge on any atom is -0.494 e. The van der Waals surface area contributed by atoms with Crippen molar-refractivity contribution in [3.8, 4) is 23.2 Å². The Labute approximate surface area is 135 Å². The lowest BCUT2D eigenvalue weighted by molar-refractivity contribution is 0.303. The molecule has 4 nitrogen and oxygen atoms in total. The van der Waals surface area contributed by atoms with E-state index in [-0.39, 0.29) is 11.8 Å². The normalized spacial score (nSPS) is 10.7. The molecule has 0 saturated carbocycles. The zero-order chi connectivity index (χ0) is 16.4. The van der Waals surface area contributed by atoms with E-state index < -0.39 is 0 Å². The SMILES string of the molecule is Cc1ccccc1OCc1ccccc1-n1c(O)cc(C)c1O. The molecule has 3 aromatic rings. The largest absolute Gasteiger partial charge is 0.494 e. The zero-order valence-corrected chi connectivity index (χ0v) is 13.2. The Morgan fingerprint density at radius 2 is 1.61 bits per heavy atom. The molecule has 1 aromatic heterocycles. The van der Waals surface area contributed by atoms with E-state index in [9.17, 15) is 10.2 Å². The van der Waals surface area contributed by atoms with E-state index in [0.29, 0.717) is 17.9 Å². The van der Waals surface area contributed by atoms with Crippen molar-refractivity contribution in [2.75, 3.05) is 0 Å². The highest BCUT2D eigenvalue weighted by Gasteiger charge is 2.15. The second-order valence-corrected chi connectivity index (χ2v) is 5.53. The minimum absolute atomic E-state index is 0.00309. The summed E-state index contributed by atoms with van der Waals surface area (Å²) in [7, 11) is 0. The number of aromatic hydroxyl groups is 2. The van der Waals surface area contributed by atoms with Gasteiger partial charge in [0.05, 0.1) is 5.69 Å². The van der Waals surface area contributed by atoms with Crippen molar-refractivity contribution in [2.24, 2.45) is 0 Å². The van der Waals surface area contributed by atoms with Gasteiger partial charge in [-0.15, -0.1) is 0 Å². The lowest BCUT2D eigenvalue weighted by Gasteiger charge is -2.14. The number of para-hydroxylation sites is 2. The van der Waals surface area contributed by atoms with Crippen LogP contribution in [0.15, 0.2) is 54.6 Å². The van der Waals surface area contributed by atoms with Crippen molar-refractivity contribution < 1.29 is 14.9 Å². The predicted octanol–water partition coefficient (Wildman–Crippen LogP) is 4.08. The maximum atomic E-state index is 10.2. The van der Waals surface area contributed by atoms with Crippen molar-refractivity contribution >= 4 is 0 Å². The molecule has 3 rings (SSSR count). The number of aryl methyl sites for hydroxylation is 2. The minimum atomic E-state index is 0.00309. The van der Waals surface area contributed by atoms with E-state index in [4.69, 9.17) is 4.74 Å². The molecule has 1 heterocycles. The Morgan fingerprint density at radius 3 is 2.30 bits per heavy atom. The zero-order valence-electron chi connectivity index (χ0n) is 13.2. The Kier molecular flexibility index (Phi) is 3.98. The molecule has 2 N–H and O–H groups in total. The van der Waals surface area contributed by atoms with Crippen molar-refractivity contribution in [3.63, 3.8) is 0 Å². The fourth-order valence-corrected chi connectivity index (χ4v) is 2.57. The van der Waals surface area contributed by atoms with Gasteiger partial charge in [-0.1, -0.05) is 36.4 Å². The maximum absolute atomic E-state index is 10.2. The summed E-state index contributed by atoms with van der Waals surface area (Å²) in [6, 6.07) is 16.9. The van der Waals surface area contributed by atoms with Crippen LogP contribution in [0.4, 0.5) is 0 Å². The molecular formula is C19H19NO3. The van der Waals surface area contributed by atoms with Crippen molar-refractivity contribution in [2.45, 2.75) is 20.5 Å². The fourth-order valence-electron chi connectivity index (χ4n) is 2.57. The maximum Gasteiger partial charge on any atom is 0.201 e. The lowest BCUT2D eigenvalue weighted by atomic mass is 10.2. The molecule has 0 spiro atoms. The molecule has 0 aliphatic heterocycles. The van der Waals surface area contributed by atoms with Gasteiger partial charge in [0.1, 0.15) is 12.4 Å². The number of benzene rings is 2. The predicted molar refractivity (Wildman–Crippen MR) is 89.3 cm³/mol. The first-order valence-electron chi connectivity index (χ1n) is 7.45. The van der Waals surface area contributed by atoms with Gasteiger partial charge < -0.3 is 14.9 Å². The molecule has 4 heteroatoms. The molecular weight excluding hydrogens is 290 g/mol. The topological polar surface area (TPSA) is 54.6 Å². The second-order valence-electron chi connectivity index (χ2n) is 5.53. The summed E-state index contributed by atoms with van der Waals surface area (Å²) in [4.78, 5) is 0. The Bertz CT molecular complexity index is 836. The number of aromatic nitrogens is 1. The van der Waals surface area contributed by atoms with Crippen LogP contribution in [0.25, 0.3) is 5.69 Å². The number of rotatable bonds is 4. The molecule has 0 aliphatic carbocycles. The molecule has 0 fully saturated rings. The van der Waals surface area contributed by atoms with Crippen LogP contribution < -0.4 is 4.74 Å². The second kappa shape index (κ2) is 6.08. The quantitative estimate of drug-likeness (QED) is 0.763. The van der Waals surface area contributed by atoms with Gasteiger partial charge >= 0.3 is 0 Å². The van der Waals surface area contributed by atoms with Crippen LogP contribution >= 0.6 is 0 Å². The summed E-state index contributed by atoms with van der Waals surface area (Å²) < 4.78 is 7.32. The van der Waals surface area contributed by atoms with Crippen LogP contribution in [0.2, 0.25) is 0 Å². The van der Waals surface area contributed by atoms with Gasteiger partial charge in [-0.2, -0.15) is 0 Å². The Balaban J connectivity index is 1.94. The van der Waals surface area contributed by atoms with Gasteiger partial charge in [0.15, 0.2) is 5.88 Å². The Morgan fingerprint density at radius 1 is 0.913 bits per heavy atom. The van der Waals surface area contributed by atoms with Crippen molar-refractivity contribution in [1.82, 2.24) is 4.57 Å². The molecule has 0 bridgehead atoms. The molecule has 0 radical (unpaired) electrons. The summed E-state index contributed by atoms with van der Waals surface area (Å²) in [5, 5.41) is 20.3. The van der Waals surface area contributed by atoms with E-state index in [1.807, 2.05) is 55.5 Å². The number of hydrogen-bond donors (Lipinski definition) is 2. The first kappa shape index (κ1) is 15.0. The van der Waals surface area contributed by atoms with Crippen LogP contribution in [0.3, 0.4) is 0 Å². The summed E-state index contributed by atoms with van der Waals surface area (Å²) in [6.07, 6.45) is 0. The average Bonchev–Trinajstić information content (AvgIpc) is 2.80. The van der Waals surface area contributed by atoms with Crippen LogP contribution in [0.5, 0.6) is 17.5 Å². The van der Waals surface area contributed by atoms with Crippen LogP contribution in [-0.2, 0) is 6.61 Å². The summed E-state index contributed by atoms with van der Waals surface area (Å²) in [5.74, 6) is 0.855. The molecule has 0 saturated heterocycles. The first-order chi connectivity index (χ1) is 11.1.